The maximum atomic E-state index is 9.88. The van der Waals surface area contributed by atoms with E-state index >= 15 is 0 Å². The van der Waals surface area contributed by atoms with Crippen LogP contribution in [-0.2, 0) is 4.74 Å². The molecule has 2 aromatic rings. The Labute approximate surface area is 137 Å². The average Bonchev–Trinajstić information content (AvgIpc) is 2.64. The first-order valence-corrected chi connectivity index (χ1v) is 8.21. The minimum absolute atomic E-state index is 0.0312. The summed E-state index contributed by atoms with van der Waals surface area (Å²) in [4.78, 5) is 4.52. The standard InChI is InChI=1S/C19H24N2O2/c22-15-19(9-12-23-13-10-19)14-21-18(16-6-2-1-3-7-16)17-8-4-5-11-20-17/h1-8,11,18,21-22H,9-10,12-15H2/t18-/m0/s1. The lowest BCUT2D eigenvalue weighted by atomic mass is 9.80. The van der Waals surface area contributed by atoms with Gasteiger partial charge in [-0.2, -0.15) is 0 Å². The minimum atomic E-state index is -0.0972. The van der Waals surface area contributed by atoms with E-state index < -0.39 is 0 Å². The van der Waals surface area contributed by atoms with E-state index in [1.54, 1.807) is 0 Å². The summed E-state index contributed by atoms with van der Waals surface area (Å²) in [5.41, 5.74) is 2.09. The zero-order chi connectivity index (χ0) is 16.0. The second-order valence-corrected chi connectivity index (χ2v) is 6.25. The maximum absolute atomic E-state index is 9.88. The van der Waals surface area contributed by atoms with Crippen LogP contribution in [0.1, 0.15) is 30.1 Å². The Morgan fingerprint density at radius 2 is 1.83 bits per heavy atom. The smallest absolute Gasteiger partial charge is 0.0751 e. The van der Waals surface area contributed by atoms with Crippen LogP contribution >= 0.6 is 0 Å². The van der Waals surface area contributed by atoms with Gasteiger partial charge in [0.05, 0.1) is 18.3 Å². The van der Waals surface area contributed by atoms with Crippen LogP contribution in [-0.4, -0.2) is 36.5 Å². The zero-order valence-electron chi connectivity index (χ0n) is 13.3. The molecule has 0 saturated carbocycles. The molecule has 0 unspecified atom stereocenters. The minimum Gasteiger partial charge on any atom is -0.396 e. The van der Waals surface area contributed by atoms with Gasteiger partial charge in [0.15, 0.2) is 0 Å². The summed E-state index contributed by atoms with van der Waals surface area (Å²) in [7, 11) is 0. The Morgan fingerprint density at radius 1 is 1.09 bits per heavy atom. The predicted octanol–water partition coefficient (Wildman–Crippen LogP) is 2.55. The monoisotopic (exact) mass is 312 g/mol. The van der Waals surface area contributed by atoms with Crippen molar-refractivity contribution in [1.29, 1.82) is 0 Å². The highest BCUT2D eigenvalue weighted by atomic mass is 16.5. The molecule has 0 amide bonds. The van der Waals surface area contributed by atoms with Crippen molar-refractivity contribution in [1.82, 2.24) is 10.3 Å². The molecule has 1 aromatic carbocycles. The van der Waals surface area contributed by atoms with E-state index in [0.717, 1.165) is 38.3 Å². The summed E-state index contributed by atoms with van der Waals surface area (Å²) in [6.45, 7) is 2.39. The van der Waals surface area contributed by atoms with Crippen molar-refractivity contribution in [2.75, 3.05) is 26.4 Å². The number of hydrogen-bond donors (Lipinski definition) is 2. The second kappa shape index (κ2) is 7.68. The Bertz CT molecular complexity index is 543. The van der Waals surface area contributed by atoms with Crippen molar-refractivity contribution < 1.29 is 9.84 Å². The molecule has 1 fully saturated rings. The maximum Gasteiger partial charge on any atom is 0.0751 e. The van der Waals surface area contributed by atoms with E-state index in [1.807, 2.05) is 42.6 Å². The highest BCUT2D eigenvalue weighted by molar-refractivity contribution is 5.27. The highest BCUT2D eigenvalue weighted by Crippen LogP contribution is 2.31. The molecule has 1 atom stereocenters. The van der Waals surface area contributed by atoms with Crippen molar-refractivity contribution in [2.24, 2.45) is 5.41 Å². The van der Waals surface area contributed by atoms with Gasteiger partial charge in [0.25, 0.3) is 0 Å². The summed E-state index contributed by atoms with van der Waals surface area (Å²) < 4.78 is 5.45. The number of aliphatic hydroxyl groups is 1. The third-order valence-corrected chi connectivity index (χ3v) is 4.69. The van der Waals surface area contributed by atoms with Gasteiger partial charge in [0.2, 0.25) is 0 Å². The number of hydrogen-bond acceptors (Lipinski definition) is 4. The Balaban J connectivity index is 1.79. The molecule has 4 nitrogen and oxygen atoms in total. The number of rotatable bonds is 6. The molecular formula is C19H24N2O2. The summed E-state index contributed by atoms with van der Waals surface area (Å²) in [6.07, 6.45) is 3.60. The number of nitrogens with one attached hydrogen (secondary N) is 1. The molecule has 1 aliphatic heterocycles. The predicted molar refractivity (Wildman–Crippen MR) is 90.1 cm³/mol. The molecule has 3 rings (SSSR count). The molecule has 23 heavy (non-hydrogen) atoms. The fourth-order valence-corrected chi connectivity index (χ4v) is 3.10. The average molecular weight is 312 g/mol. The van der Waals surface area contributed by atoms with E-state index in [0.29, 0.717) is 0 Å². The summed E-state index contributed by atoms with van der Waals surface area (Å²) in [6, 6.07) is 16.3. The Morgan fingerprint density at radius 3 is 2.48 bits per heavy atom. The van der Waals surface area contributed by atoms with Crippen molar-refractivity contribution in [3.8, 4) is 0 Å². The molecule has 122 valence electrons. The summed E-state index contributed by atoms with van der Waals surface area (Å²) in [5.74, 6) is 0. The van der Waals surface area contributed by atoms with Crippen LogP contribution in [0.4, 0.5) is 0 Å². The lowest BCUT2D eigenvalue weighted by Crippen LogP contribution is -2.43. The van der Waals surface area contributed by atoms with Gasteiger partial charge < -0.3 is 15.2 Å². The Hall–Kier alpha value is -1.75. The molecule has 0 radical (unpaired) electrons. The van der Waals surface area contributed by atoms with Gasteiger partial charge in [0.1, 0.15) is 0 Å². The molecule has 0 aliphatic carbocycles. The van der Waals surface area contributed by atoms with Crippen molar-refractivity contribution in [2.45, 2.75) is 18.9 Å². The van der Waals surface area contributed by atoms with Crippen LogP contribution < -0.4 is 5.32 Å². The van der Waals surface area contributed by atoms with Gasteiger partial charge in [-0.15, -0.1) is 0 Å². The van der Waals surface area contributed by atoms with Crippen molar-refractivity contribution in [3.05, 3.63) is 66.0 Å². The number of ether oxygens (including phenoxy) is 1. The molecule has 1 aliphatic rings. The molecular weight excluding hydrogens is 288 g/mol. The highest BCUT2D eigenvalue weighted by Gasteiger charge is 2.32. The van der Waals surface area contributed by atoms with Crippen LogP contribution in [0.25, 0.3) is 0 Å². The molecule has 4 heteroatoms. The first-order valence-electron chi connectivity index (χ1n) is 8.21. The van der Waals surface area contributed by atoms with E-state index in [9.17, 15) is 5.11 Å². The molecule has 2 N–H and O–H groups in total. The van der Waals surface area contributed by atoms with Crippen LogP contribution in [0.5, 0.6) is 0 Å². The quantitative estimate of drug-likeness (QED) is 0.861. The number of aromatic nitrogens is 1. The zero-order valence-corrected chi connectivity index (χ0v) is 13.3. The summed E-state index contributed by atoms with van der Waals surface area (Å²) in [5, 5.41) is 13.5. The summed E-state index contributed by atoms with van der Waals surface area (Å²) >= 11 is 0. The SMILES string of the molecule is OCC1(CN[C@@H](c2ccccc2)c2ccccn2)CCOCC1. The second-order valence-electron chi connectivity index (χ2n) is 6.25. The molecule has 0 bridgehead atoms. The van der Waals surface area contributed by atoms with Crippen LogP contribution in [0, 0.1) is 5.41 Å². The molecule has 2 heterocycles. The Kier molecular flexibility index (Phi) is 5.39. The number of aliphatic hydroxyl groups excluding tert-OH is 1. The van der Waals surface area contributed by atoms with E-state index in [-0.39, 0.29) is 18.1 Å². The third-order valence-electron chi connectivity index (χ3n) is 4.69. The van der Waals surface area contributed by atoms with Crippen LogP contribution in [0.3, 0.4) is 0 Å². The topological polar surface area (TPSA) is 54.4 Å². The van der Waals surface area contributed by atoms with Gasteiger partial charge in [-0.25, -0.2) is 0 Å². The van der Waals surface area contributed by atoms with E-state index in [2.05, 4.69) is 22.4 Å². The molecule has 0 spiro atoms. The van der Waals surface area contributed by atoms with Gasteiger partial charge >= 0.3 is 0 Å². The van der Waals surface area contributed by atoms with Gasteiger partial charge in [0, 0.05) is 31.4 Å². The fourth-order valence-electron chi connectivity index (χ4n) is 3.10. The van der Waals surface area contributed by atoms with Crippen molar-refractivity contribution in [3.63, 3.8) is 0 Å². The first-order chi connectivity index (χ1) is 11.3. The first kappa shape index (κ1) is 16.1. The lowest BCUT2D eigenvalue weighted by molar-refractivity contribution is -0.0161. The third kappa shape index (κ3) is 3.96. The lowest BCUT2D eigenvalue weighted by Gasteiger charge is -2.37. The normalized spacial score (nSPS) is 18.5. The number of pyridine rings is 1. The largest absolute Gasteiger partial charge is 0.396 e. The number of benzene rings is 1. The van der Waals surface area contributed by atoms with Crippen LogP contribution in [0.2, 0.25) is 0 Å². The van der Waals surface area contributed by atoms with Crippen molar-refractivity contribution >= 4 is 0 Å². The fraction of sp³-hybridized carbons (Fsp3) is 0.421. The van der Waals surface area contributed by atoms with Crippen LogP contribution in [0.15, 0.2) is 54.7 Å². The van der Waals surface area contributed by atoms with Gasteiger partial charge in [-0.3, -0.25) is 4.98 Å². The molecule has 1 aromatic heterocycles. The number of nitrogens with zero attached hydrogens (tertiary/aromatic N) is 1. The van der Waals surface area contributed by atoms with Gasteiger partial charge in [-0.05, 0) is 30.5 Å². The molecule has 1 saturated heterocycles. The van der Waals surface area contributed by atoms with Gasteiger partial charge in [-0.1, -0.05) is 36.4 Å². The van der Waals surface area contributed by atoms with E-state index in [1.165, 1.54) is 5.56 Å². The van der Waals surface area contributed by atoms with E-state index in [4.69, 9.17) is 4.74 Å².